The van der Waals surface area contributed by atoms with Gasteiger partial charge in [-0.2, -0.15) is 0 Å². The molecule has 1 amide bonds. The Hall–Kier alpha value is -2.25. The first-order chi connectivity index (χ1) is 12.6. The Kier molecular flexibility index (Phi) is 6.73. The molecule has 0 heterocycles. The lowest BCUT2D eigenvalue weighted by Gasteiger charge is -2.28. The summed E-state index contributed by atoms with van der Waals surface area (Å²) < 4.78 is 31.3. The molecule has 27 heavy (non-hydrogen) atoms. The molecule has 1 N–H and O–H groups in total. The molecule has 0 bridgehead atoms. The summed E-state index contributed by atoms with van der Waals surface area (Å²) in [7, 11) is -3.71. The second-order valence-electron chi connectivity index (χ2n) is 6.40. The van der Waals surface area contributed by atoms with Crippen molar-refractivity contribution in [1.29, 1.82) is 0 Å². The van der Waals surface area contributed by atoms with Gasteiger partial charge in [-0.05, 0) is 51.1 Å². The molecule has 8 heteroatoms. The summed E-state index contributed by atoms with van der Waals surface area (Å²) in [5.41, 5.74) is 0.842. The summed E-state index contributed by atoms with van der Waals surface area (Å²) in [4.78, 5) is 12.7. The number of rotatable bonds is 7. The average molecular weight is 411 g/mol. The molecule has 0 aromatic heterocycles. The molecule has 0 saturated carbocycles. The van der Waals surface area contributed by atoms with E-state index in [1.54, 1.807) is 42.5 Å². The number of hydrogen-bond donors (Lipinski definition) is 1. The lowest BCUT2D eigenvalue weighted by molar-refractivity contribution is -0.116. The topological polar surface area (TPSA) is 75.7 Å². The third kappa shape index (κ3) is 5.87. The van der Waals surface area contributed by atoms with Crippen LogP contribution in [-0.2, 0) is 14.8 Å². The largest absolute Gasteiger partial charge is 0.491 e. The fourth-order valence-corrected chi connectivity index (χ4v) is 3.94. The van der Waals surface area contributed by atoms with Gasteiger partial charge in [0, 0.05) is 16.8 Å². The molecule has 2 rings (SSSR count). The average Bonchev–Trinajstić information content (AvgIpc) is 2.53. The molecule has 2 aromatic carbocycles. The number of hydrogen-bond acceptors (Lipinski definition) is 4. The Bertz CT molecular complexity index is 915. The van der Waals surface area contributed by atoms with Crippen LogP contribution in [-0.4, -0.2) is 32.7 Å². The first-order valence-corrected chi connectivity index (χ1v) is 10.6. The summed E-state index contributed by atoms with van der Waals surface area (Å²) in [5.74, 6) is 0.146. The molecular weight excluding hydrogens is 388 g/mol. The zero-order chi connectivity index (χ0) is 20.2. The molecule has 0 radical (unpaired) electrons. The highest BCUT2D eigenvalue weighted by molar-refractivity contribution is 7.92. The Morgan fingerprint density at radius 1 is 1.11 bits per heavy atom. The van der Waals surface area contributed by atoms with E-state index in [-0.39, 0.29) is 6.10 Å². The molecule has 0 spiro atoms. The normalized spacial score (nSPS) is 12.5. The molecule has 0 aliphatic carbocycles. The fraction of sp³-hybridized carbons (Fsp3) is 0.316. The molecule has 6 nitrogen and oxygen atoms in total. The van der Waals surface area contributed by atoms with Crippen LogP contribution in [0.3, 0.4) is 0 Å². The van der Waals surface area contributed by atoms with Crippen molar-refractivity contribution in [3.63, 3.8) is 0 Å². The van der Waals surface area contributed by atoms with Crippen molar-refractivity contribution < 1.29 is 17.9 Å². The second-order valence-corrected chi connectivity index (χ2v) is 8.69. The molecule has 0 saturated heterocycles. The Balaban J connectivity index is 2.25. The number of carbonyl (C=O) groups excluding carboxylic acids is 1. The van der Waals surface area contributed by atoms with Gasteiger partial charge in [0.05, 0.1) is 18.0 Å². The molecular formula is C19H23ClN2O4S. The van der Waals surface area contributed by atoms with Crippen LogP contribution >= 0.6 is 11.6 Å². The van der Waals surface area contributed by atoms with Crippen molar-refractivity contribution >= 4 is 38.9 Å². The smallest absolute Gasteiger partial charge is 0.247 e. The number of benzene rings is 2. The van der Waals surface area contributed by atoms with Crippen LogP contribution in [0.15, 0.2) is 48.5 Å². The number of ether oxygens (including phenoxy) is 1. The van der Waals surface area contributed by atoms with E-state index in [1.807, 2.05) is 13.8 Å². The van der Waals surface area contributed by atoms with Gasteiger partial charge in [-0.1, -0.05) is 23.7 Å². The predicted molar refractivity (Wildman–Crippen MR) is 109 cm³/mol. The third-order valence-corrected chi connectivity index (χ3v) is 5.10. The quantitative estimate of drug-likeness (QED) is 0.750. The summed E-state index contributed by atoms with van der Waals surface area (Å²) >= 11 is 5.98. The standard InChI is InChI=1S/C19H23ClN2O4S/c1-13(2)26-18-10-6-8-16(12-18)21-19(23)14(3)22(27(4,24)25)17-9-5-7-15(20)11-17/h5-14H,1-4H3,(H,21,23). The van der Waals surface area contributed by atoms with E-state index < -0.39 is 22.0 Å². The molecule has 1 unspecified atom stereocenters. The van der Waals surface area contributed by atoms with Gasteiger partial charge < -0.3 is 10.1 Å². The minimum atomic E-state index is -3.71. The Morgan fingerprint density at radius 2 is 1.78 bits per heavy atom. The van der Waals surface area contributed by atoms with E-state index in [2.05, 4.69) is 5.32 Å². The van der Waals surface area contributed by atoms with Crippen LogP contribution in [0.1, 0.15) is 20.8 Å². The molecule has 0 fully saturated rings. The monoisotopic (exact) mass is 410 g/mol. The van der Waals surface area contributed by atoms with E-state index in [9.17, 15) is 13.2 Å². The summed E-state index contributed by atoms with van der Waals surface area (Å²) in [6, 6.07) is 12.3. The van der Waals surface area contributed by atoms with Gasteiger partial charge in [0.1, 0.15) is 11.8 Å². The number of sulfonamides is 1. The highest BCUT2D eigenvalue weighted by Crippen LogP contribution is 2.25. The molecule has 0 aliphatic rings. The summed E-state index contributed by atoms with van der Waals surface area (Å²) in [6.07, 6.45) is 1.05. The van der Waals surface area contributed by atoms with E-state index >= 15 is 0 Å². The van der Waals surface area contributed by atoms with Crippen molar-refractivity contribution in [3.8, 4) is 5.75 Å². The maximum atomic E-state index is 12.7. The van der Waals surface area contributed by atoms with Gasteiger partial charge in [-0.15, -0.1) is 0 Å². The first kappa shape index (κ1) is 21.1. The molecule has 0 aliphatic heterocycles. The predicted octanol–water partition coefficient (Wildman–Crippen LogP) is 3.92. The minimum Gasteiger partial charge on any atom is -0.491 e. The number of halogens is 1. The maximum absolute atomic E-state index is 12.7. The van der Waals surface area contributed by atoms with Crippen molar-refractivity contribution in [2.24, 2.45) is 0 Å². The van der Waals surface area contributed by atoms with Crippen LogP contribution in [0, 0.1) is 0 Å². The zero-order valence-electron chi connectivity index (χ0n) is 15.6. The van der Waals surface area contributed by atoms with E-state index in [0.717, 1.165) is 10.6 Å². The highest BCUT2D eigenvalue weighted by Gasteiger charge is 2.29. The second kappa shape index (κ2) is 8.63. The van der Waals surface area contributed by atoms with Crippen LogP contribution in [0.25, 0.3) is 0 Å². The van der Waals surface area contributed by atoms with E-state index in [4.69, 9.17) is 16.3 Å². The number of amides is 1. The van der Waals surface area contributed by atoms with Crippen LogP contribution in [0.2, 0.25) is 5.02 Å². The van der Waals surface area contributed by atoms with Crippen molar-refractivity contribution in [2.45, 2.75) is 32.9 Å². The molecule has 146 valence electrons. The first-order valence-electron chi connectivity index (χ1n) is 8.40. The van der Waals surface area contributed by atoms with Crippen LogP contribution < -0.4 is 14.4 Å². The minimum absolute atomic E-state index is 0.00145. The van der Waals surface area contributed by atoms with Gasteiger partial charge in [0.15, 0.2) is 0 Å². The highest BCUT2D eigenvalue weighted by atomic mass is 35.5. The number of nitrogens with one attached hydrogen (secondary N) is 1. The van der Waals surface area contributed by atoms with Gasteiger partial charge in [-0.25, -0.2) is 8.42 Å². The number of carbonyl (C=O) groups is 1. The Labute approximate surface area is 165 Å². The SMILES string of the molecule is CC(C)Oc1cccc(NC(=O)C(C)N(c2cccc(Cl)c2)S(C)(=O)=O)c1. The number of anilines is 2. The van der Waals surface area contributed by atoms with E-state index in [1.165, 1.54) is 13.0 Å². The molecule has 2 aromatic rings. The fourth-order valence-electron chi connectivity index (χ4n) is 2.59. The van der Waals surface area contributed by atoms with Crippen molar-refractivity contribution in [1.82, 2.24) is 0 Å². The third-order valence-electron chi connectivity index (χ3n) is 3.62. The van der Waals surface area contributed by atoms with Crippen LogP contribution in [0.4, 0.5) is 11.4 Å². The van der Waals surface area contributed by atoms with Crippen molar-refractivity contribution in [3.05, 3.63) is 53.6 Å². The molecule has 1 atom stereocenters. The van der Waals surface area contributed by atoms with Gasteiger partial charge in [0.2, 0.25) is 15.9 Å². The Morgan fingerprint density at radius 3 is 2.37 bits per heavy atom. The lowest BCUT2D eigenvalue weighted by Crippen LogP contribution is -2.45. The van der Waals surface area contributed by atoms with E-state index in [0.29, 0.717) is 22.1 Å². The van der Waals surface area contributed by atoms with Crippen LogP contribution in [0.5, 0.6) is 5.75 Å². The van der Waals surface area contributed by atoms with Crippen molar-refractivity contribution in [2.75, 3.05) is 15.9 Å². The summed E-state index contributed by atoms with van der Waals surface area (Å²) in [6.45, 7) is 5.33. The maximum Gasteiger partial charge on any atom is 0.247 e. The van der Waals surface area contributed by atoms with Gasteiger partial charge in [0.25, 0.3) is 0 Å². The number of nitrogens with zero attached hydrogens (tertiary/aromatic N) is 1. The van der Waals surface area contributed by atoms with Gasteiger partial charge in [-0.3, -0.25) is 9.10 Å². The lowest BCUT2D eigenvalue weighted by atomic mass is 10.2. The summed E-state index contributed by atoms with van der Waals surface area (Å²) in [5, 5.41) is 3.12. The van der Waals surface area contributed by atoms with Gasteiger partial charge >= 0.3 is 0 Å². The zero-order valence-corrected chi connectivity index (χ0v) is 17.2.